The van der Waals surface area contributed by atoms with Gasteiger partial charge in [0.25, 0.3) is 0 Å². The van der Waals surface area contributed by atoms with Crippen LogP contribution in [0.25, 0.3) is 0 Å². The maximum Gasteiger partial charge on any atom is 0.248 e. The lowest BCUT2D eigenvalue weighted by molar-refractivity contribution is -0.140. The molecule has 4 rings (SSSR count). The number of aliphatic hydroxyl groups is 1. The van der Waals surface area contributed by atoms with Crippen LogP contribution in [0.4, 0.5) is 11.4 Å². The fourth-order valence-corrected chi connectivity index (χ4v) is 9.18. The summed E-state index contributed by atoms with van der Waals surface area (Å²) in [4.78, 5) is 44.9. The average Bonchev–Trinajstić information content (AvgIpc) is 3.46. The number of aliphatic hydroxyl groups excluding tert-OH is 1. The zero-order valence-corrected chi connectivity index (χ0v) is 23.4. The predicted molar refractivity (Wildman–Crippen MR) is 149 cm³/mol. The van der Waals surface area contributed by atoms with Crippen molar-refractivity contribution < 1.29 is 19.5 Å². The van der Waals surface area contributed by atoms with E-state index in [2.05, 4.69) is 36.3 Å². The smallest absolute Gasteiger partial charge is 0.248 e. The number of hydrogen-bond donors (Lipinski definition) is 3. The summed E-state index contributed by atoms with van der Waals surface area (Å²) >= 11 is 1.69. The van der Waals surface area contributed by atoms with Crippen LogP contribution in [-0.2, 0) is 14.4 Å². The third-order valence-electron chi connectivity index (χ3n) is 8.62. The van der Waals surface area contributed by atoms with Crippen LogP contribution in [0, 0.1) is 11.8 Å². The van der Waals surface area contributed by atoms with Gasteiger partial charge in [-0.1, -0.05) is 12.8 Å². The largest absolute Gasteiger partial charge is 0.396 e. The van der Waals surface area contributed by atoms with Crippen LogP contribution in [0.2, 0.25) is 0 Å². The molecule has 1 spiro atoms. The van der Waals surface area contributed by atoms with Gasteiger partial charge in [0.05, 0.1) is 16.6 Å². The number of amides is 3. The summed E-state index contributed by atoms with van der Waals surface area (Å²) in [5, 5.41) is 15.0. The molecule has 3 fully saturated rings. The minimum Gasteiger partial charge on any atom is -0.396 e. The molecule has 3 amide bonds. The van der Waals surface area contributed by atoms with Crippen molar-refractivity contribution in [3.05, 3.63) is 24.3 Å². The second kappa shape index (κ2) is 11.2. The normalized spacial score (nSPS) is 29.9. The molecule has 9 heteroatoms. The number of nitrogens with zero attached hydrogens (tertiary/aromatic N) is 2. The Morgan fingerprint density at radius 2 is 1.76 bits per heavy atom. The van der Waals surface area contributed by atoms with Crippen LogP contribution < -0.4 is 15.5 Å². The molecule has 3 aliphatic heterocycles. The molecular weight excluding hydrogens is 488 g/mol. The lowest BCUT2D eigenvalue weighted by atomic mass is 9.66. The van der Waals surface area contributed by atoms with E-state index in [9.17, 15) is 14.4 Å². The zero-order valence-electron chi connectivity index (χ0n) is 22.6. The summed E-state index contributed by atoms with van der Waals surface area (Å²) in [6.45, 7) is 8.78. The Balaban J connectivity index is 1.60. The van der Waals surface area contributed by atoms with E-state index in [0.717, 1.165) is 57.3 Å². The van der Waals surface area contributed by atoms with E-state index in [4.69, 9.17) is 5.11 Å². The number of rotatable bonds is 12. The number of anilines is 2. The van der Waals surface area contributed by atoms with Gasteiger partial charge in [0.15, 0.2) is 0 Å². The van der Waals surface area contributed by atoms with Gasteiger partial charge in [0.1, 0.15) is 6.04 Å². The molecule has 2 bridgehead atoms. The maximum absolute atomic E-state index is 14.0. The number of thioether (sulfide) groups is 1. The van der Waals surface area contributed by atoms with Crippen molar-refractivity contribution in [2.24, 2.45) is 11.8 Å². The van der Waals surface area contributed by atoms with Crippen LogP contribution in [0.15, 0.2) is 24.3 Å². The van der Waals surface area contributed by atoms with Crippen LogP contribution >= 0.6 is 11.8 Å². The first-order valence-corrected chi connectivity index (χ1v) is 14.6. The van der Waals surface area contributed by atoms with Crippen LogP contribution in [0.1, 0.15) is 59.3 Å². The quantitative estimate of drug-likeness (QED) is 0.359. The summed E-state index contributed by atoms with van der Waals surface area (Å²) in [7, 11) is 1.62. The molecule has 0 saturated carbocycles. The first-order chi connectivity index (χ1) is 17.8. The highest BCUT2D eigenvalue weighted by atomic mass is 32.2. The third kappa shape index (κ3) is 4.85. The van der Waals surface area contributed by atoms with Crippen molar-refractivity contribution in [3.63, 3.8) is 0 Å². The SMILES string of the molecule is CCN(CC)c1ccc(NC(=O)C2N(CCCCCCO)C(=O)[C@@H]3[C@@H](C(=O)NC)[C@@]4(C)CCC23S4)cc1. The number of likely N-dealkylation sites (tertiary alicyclic amines) is 1. The minimum atomic E-state index is -0.619. The van der Waals surface area contributed by atoms with E-state index in [0.29, 0.717) is 12.2 Å². The molecule has 0 radical (unpaired) electrons. The van der Waals surface area contributed by atoms with Crippen molar-refractivity contribution >= 4 is 40.9 Å². The molecule has 3 heterocycles. The molecule has 8 nitrogen and oxygen atoms in total. The highest BCUT2D eigenvalue weighted by molar-refractivity contribution is 8.02. The Bertz CT molecular complexity index is 1000. The Kier molecular flexibility index (Phi) is 8.43. The van der Waals surface area contributed by atoms with Gasteiger partial charge < -0.3 is 25.5 Å². The van der Waals surface area contributed by atoms with Gasteiger partial charge >= 0.3 is 0 Å². The third-order valence-corrected chi connectivity index (χ3v) is 10.6. The van der Waals surface area contributed by atoms with Crippen molar-refractivity contribution in [1.82, 2.24) is 10.2 Å². The average molecular weight is 531 g/mol. The van der Waals surface area contributed by atoms with Gasteiger partial charge in [0, 0.05) is 49.4 Å². The van der Waals surface area contributed by atoms with E-state index in [1.54, 1.807) is 23.7 Å². The van der Waals surface area contributed by atoms with E-state index >= 15 is 0 Å². The summed E-state index contributed by atoms with van der Waals surface area (Å²) in [6, 6.07) is 7.25. The highest BCUT2D eigenvalue weighted by Crippen LogP contribution is 2.71. The first-order valence-electron chi connectivity index (χ1n) is 13.7. The maximum atomic E-state index is 14.0. The summed E-state index contributed by atoms with van der Waals surface area (Å²) < 4.78 is -0.947. The Hall–Kier alpha value is -2.26. The molecule has 1 aromatic carbocycles. The number of unbranched alkanes of at least 4 members (excludes halogenated alkanes) is 3. The fraction of sp³-hybridized carbons (Fsp3) is 0.679. The van der Waals surface area contributed by atoms with E-state index < -0.39 is 22.6 Å². The standard InChI is InChI=1S/C28H42N4O4S/c1-5-31(6-2)20-13-11-19(12-14-20)30-25(35)23-28-16-15-27(3,37-28)21(24(34)29-4)22(28)26(36)32(23)17-9-7-8-10-18-33/h11-14,21-23,33H,5-10,15-18H2,1-4H3,(H,29,34)(H,30,35)/t21-,22-,23?,27+,28?/m0/s1. The van der Waals surface area contributed by atoms with Crippen LogP contribution in [-0.4, -0.2) is 76.6 Å². The van der Waals surface area contributed by atoms with Gasteiger partial charge in [-0.15, -0.1) is 11.8 Å². The summed E-state index contributed by atoms with van der Waals surface area (Å²) in [5.74, 6) is -1.27. The van der Waals surface area contributed by atoms with Gasteiger partial charge in [0.2, 0.25) is 17.7 Å². The van der Waals surface area contributed by atoms with Gasteiger partial charge in [-0.2, -0.15) is 0 Å². The Morgan fingerprint density at radius 1 is 1.08 bits per heavy atom. The fourth-order valence-electron chi connectivity index (χ4n) is 6.83. The number of carbonyl (C=O) groups is 3. The van der Waals surface area contributed by atoms with Gasteiger partial charge in [-0.05, 0) is 70.7 Å². The molecular formula is C28H42N4O4S. The monoisotopic (exact) mass is 530 g/mol. The number of fused-ring (bicyclic) bond motifs is 1. The van der Waals surface area contributed by atoms with E-state index in [-0.39, 0.29) is 29.1 Å². The summed E-state index contributed by atoms with van der Waals surface area (Å²) in [6.07, 6.45) is 4.83. The zero-order chi connectivity index (χ0) is 26.8. The minimum absolute atomic E-state index is 0.0660. The molecule has 5 atom stereocenters. The summed E-state index contributed by atoms with van der Waals surface area (Å²) in [5.41, 5.74) is 1.82. The van der Waals surface area contributed by atoms with Crippen molar-refractivity contribution in [2.45, 2.75) is 74.8 Å². The number of nitrogens with one attached hydrogen (secondary N) is 2. The molecule has 3 saturated heterocycles. The molecule has 0 aromatic heterocycles. The predicted octanol–water partition coefficient (Wildman–Crippen LogP) is 3.25. The lowest BCUT2D eigenvalue weighted by Gasteiger charge is -2.34. The van der Waals surface area contributed by atoms with E-state index in [1.165, 1.54) is 0 Å². The van der Waals surface area contributed by atoms with Crippen molar-refractivity contribution in [3.8, 4) is 0 Å². The van der Waals surface area contributed by atoms with Gasteiger partial charge in [-0.3, -0.25) is 14.4 Å². The molecule has 3 aliphatic rings. The molecule has 3 N–H and O–H groups in total. The van der Waals surface area contributed by atoms with Crippen molar-refractivity contribution in [2.75, 3.05) is 43.5 Å². The molecule has 1 aromatic rings. The highest BCUT2D eigenvalue weighted by Gasteiger charge is 2.76. The second-order valence-corrected chi connectivity index (χ2v) is 12.6. The number of carbonyl (C=O) groups excluding carboxylic acids is 3. The number of hydrogen-bond acceptors (Lipinski definition) is 6. The number of benzene rings is 1. The molecule has 37 heavy (non-hydrogen) atoms. The molecule has 2 unspecified atom stereocenters. The van der Waals surface area contributed by atoms with Crippen LogP contribution in [0.3, 0.4) is 0 Å². The molecule has 0 aliphatic carbocycles. The van der Waals surface area contributed by atoms with Crippen molar-refractivity contribution in [1.29, 1.82) is 0 Å². The Labute approximate surface area is 224 Å². The molecule has 204 valence electrons. The first kappa shape index (κ1) is 27.8. The topological polar surface area (TPSA) is 102 Å². The van der Waals surface area contributed by atoms with E-state index in [1.807, 2.05) is 24.3 Å². The second-order valence-electron chi connectivity index (χ2n) is 10.7. The Morgan fingerprint density at radius 3 is 2.38 bits per heavy atom. The lowest BCUT2D eigenvalue weighted by Crippen LogP contribution is -2.52. The van der Waals surface area contributed by atoms with Crippen LogP contribution in [0.5, 0.6) is 0 Å². The van der Waals surface area contributed by atoms with Gasteiger partial charge in [-0.25, -0.2) is 0 Å².